The molecule has 4 heteroatoms. The fraction of sp³-hybridized carbons (Fsp3) is 0.0625. The van der Waals surface area contributed by atoms with Gasteiger partial charge in [0.05, 0.1) is 24.9 Å². The number of pyridine rings is 1. The van der Waals surface area contributed by atoms with Crippen LogP contribution in [0.1, 0.15) is 0 Å². The molecule has 0 amide bonds. The van der Waals surface area contributed by atoms with Crippen LogP contribution in [0.4, 0.5) is 0 Å². The molecule has 98 valence electrons. The Kier molecular flexibility index (Phi) is 2.69. The lowest BCUT2D eigenvalue weighted by atomic mass is 10.1. The number of benzene rings is 2. The van der Waals surface area contributed by atoms with E-state index in [4.69, 9.17) is 11.6 Å². The lowest BCUT2D eigenvalue weighted by molar-refractivity contribution is -0.616. The number of aryl methyl sites for hydroxylation is 1. The van der Waals surface area contributed by atoms with E-state index in [0.717, 1.165) is 27.0 Å². The van der Waals surface area contributed by atoms with Crippen LogP contribution in [0.2, 0.25) is 5.02 Å². The van der Waals surface area contributed by atoms with E-state index in [-0.39, 0.29) is 0 Å². The Morgan fingerprint density at radius 3 is 2.75 bits per heavy atom. The highest BCUT2D eigenvalue weighted by atomic mass is 127. The summed E-state index contributed by atoms with van der Waals surface area (Å²) in [7, 11) is 2.09. The second kappa shape index (κ2) is 4.33. The molecule has 4 aromatic rings. The van der Waals surface area contributed by atoms with Crippen molar-refractivity contribution in [3.63, 3.8) is 0 Å². The molecule has 2 aromatic heterocycles. The third-order valence-electron chi connectivity index (χ3n) is 3.81. The molecule has 2 heterocycles. The molecule has 0 saturated heterocycles. The number of H-pyrrole nitrogens is 1. The molecule has 0 aliphatic carbocycles. The first-order valence-electron chi connectivity index (χ1n) is 6.34. The van der Waals surface area contributed by atoms with Crippen LogP contribution in [0.3, 0.4) is 0 Å². The minimum atomic E-state index is 0.794. The number of fused-ring (bicyclic) bond motifs is 4. The third-order valence-corrected chi connectivity index (χ3v) is 5.20. The number of para-hydroxylation sites is 1. The zero-order valence-corrected chi connectivity index (χ0v) is 13.7. The van der Waals surface area contributed by atoms with Gasteiger partial charge in [0.2, 0.25) is 11.0 Å². The lowest BCUT2D eigenvalue weighted by Gasteiger charge is -2.04. The van der Waals surface area contributed by atoms with Gasteiger partial charge >= 0.3 is 0 Å². The molecule has 0 fully saturated rings. The van der Waals surface area contributed by atoms with Crippen molar-refractivity contribution in [2.75, 3.05) is 0 Å². The summed E-state index contributed by atoms with van der Waals surface area (Å²) < 4.78 is 3.39. The fourth-order valence-electron chi connectivity index (χ4n) is 2.89. The standard InChI is InChI=1S/C16H10ClIN2/c1-20-12-8-4-6-10(17)13(12)14(18)15-16(20)9-5-2-3-7-11(9)19-15/h2-8H,1H3/p+1. The summed E-state index contributed by atoms with van der Waals surface area (Å²) >= 11 is 8.79. The molecule has 0 aliphatic rings. The Balaban J connectivity index is 2.40. The number of hydrogen-bond acceptors (Lipinski definition) is 0. The molecular formula is C16H11ClIN2+. The van der Waals surface area contributed by atoms with E-state index in [0.29, 0.717) is 0 Å². The van der Waals surface area contributed by atoms with E-state index in [1.807, 2.05) is 12.1 Å². The zero-order chi connectivity index (χ0) is 13.9. The van der Waals surface area contributed by atoms with Crippen LogP contribution in [-0.4, -0.2) is 4.98 Å². The van der Waals surface area contributed by atoms with Crippen molar-refractivity contribution in [2.45, 2.75) is 0 Å². The van der Waals surface area contributed by atoms with Gasteiger partial charge in [0.1, 0.15) is 12.6 Å². The molecule has 2 nitrogen and oxygen atoms in total. The van der Waals surface area contributed by atoms with Crippen molar-refractivity contribution in [1.82, 2.24) is 4.98 Å². The minimum absolute atomic E-state index is 0.794. The monoisotopic (exact) mass is 393 g/mol. The fourth-order valence-corrected chi connectivity index (χ4v) is 4.27. The first-order valence-corrected chi connectivity index (χ1v) is 7.80. The molecule has 20 heavy (non-hydrogen) atoms. The van der Waals surface area contributed by atoms with E-state index in [9.17, 15) is 0 Å². The molecular weight excluding hydrogens is 383 g/mol. The van der Waals surface area contributed by atoms with E-state index >= 15 is 0 Å². The highest BCUT2D eigenvalue weighted by Gasteiger charge is 2.22. The molecule has 4 rings (SSSR count). The maximum Gasteiger partial charge on any atom is 0.239 e. The van der Waals surface area contributed by atoms with Crippen molar-refractivity contribution in [3.8, 4) is 0 Å². The topological polar surface area (TPSA) is 19.7 Å². The predicted octanol–water partition coefficient (Wildman–Crippen LogP) is 4.56. The Hall–Kier alpha value is -1.33. The maximum absolute atomic E-state index is 6.40. The van der Waals surface area contributed by atoms with Crippen LogP contribution < -0.4 is 4.57 Å². The summed E-state index contributed by atoms with van der Waals surface area (Å²) in [6.45, 7) is 0. The third kappa shape index (κ3) is 1.53. The van der Waals surface area contributed by atoms with Crippen molar-refractivity contribution >= 4 is 67.0 Å². The van der Waals surface area contributed by atoms with Crippen LogP contribution in [0.25, 0.3) is 32.8 Å². The Morgan fingerprint density at radius 1 is 1.10 bits per heavy atom. The number of halogens is 2. The summed E-state index contributed by atoms with van der Waals surface area (Å²) in [6.07, 6.45) is 0. The predicted molar refractivity (Wildman–Crippen MR) is 92.2 cm³/mol. The van der Waals surface area contributed by atoms with Crippen LogP contribution in [0.15, 0.2) is 42.5 Å². The summed E-state index contributed by atoms with van der Waals surface area (Å²) in [5.41, 5.74) is 4.68. The van der Waals surface area contributed by atoms with E-state index < -0.39 is 0 Å². The quantitative estimate of drug-likeness (QED) is 0.334. The van der Waals surface area contributed by atoms with Gasteiger partial charge < -0.3 is 4.98 Å². The molecule has 0 unspecified atom stereocenters. The summed E-state index contributed by atoms with van der Waals surface area (Å²) in [5.74, 6) is 0. The van der Waals surface area contributed by atoms with Crippen LogP contribution in [-0.2, 0) is 7.05 Å². The number of nitrogens with zero attached hydrogens (tertiary/aromatic N) is 1. The van der Waals surface area contributed by atoms with Crippen molar-refractivity contribution in [3.05, 3.63) is 51.1 Å². The Bertz CT molecular complexity index is 988. The normalized spacial score (nSPS) is 11.8. The first-order chi connectivity index (χ1) is 9.68. The van der Waals surface area contributed by atoms with Crippen molar-refractivity contribution < 1.29 is 4.57 Å². The summed E-state index contributed by atoms with van der Waals surface area (Å²) in [5, 5.41) is 3.14. The van der Waals surface area contributed by atoms with Gasteiger partial charge in [-0.1, -0.05) is 29.8 Å². The van der Waals surface area contributed by atoms with Gasteiger partial charge in [0.15, 0.2) is 0 Å². The van der Waals surface area contributed by atoms with Gasteiger partial charge in [0, 0.05) is 6.07 Å². The average Bonchev–Trinajstić information content (AvgIpc) is 2.84. The summed E-state index contributed by atoms with van der Waals surface area (Å²) in [4.78, 5) is 3.52. The van der Waals surface area contributed by atoms with Crippen LogP contribution >= 0.6 is 34.2 Å². The number of nitrogens with one attached hydrogen (secondary N) is 1. The Labute approximate surface area is 134 Å². The SMILES string of the molecule is C[n+]1c2cccc(Cl)c2c(I)c2[nH]c3ccccc3c21. The zero-order valence-electron chi connectivity index (χ0n) is 10.7. The van der Waals surface area contributed by atoms with Crippen LogP contribution in [0, 0.1) is 3.57 Å². The van der Waals surface area contributed by atoms with Crippen LogP contribution in [0.5, 0.6) is 0 Å². The van der Waals surface area contributed by atoms with Gasteiger partial charge in [-0.15, -0.1) is 0 Å². The molecule has 0 spiro atoms. The van der Waals surface area contributed by atoms with E-state index in [1.54, 1.807) is 0 Å². The maximum atomic E-state index is 6.40. The number of aromatic amines is 1. The minimum Gasteiger partial charge on any atom is -0.348 e. The highest BCUT2D eigenvalue weighted by molar-refractivity contribution is 14.1. The smallest absolute Gasteiger partial charge is 0.239 e. The Morgan fingerprint density at radius 2 is 1.90 bits per heavy atom. The molecule has 0 saturated carbocycles. The number of hydrogen-bond donors (Lipinski definition) is 1. The molecule has 1 N–H and O–H groups in total. The van der Waals surface area contributed by atoms with Gasteiger partial charge in [-0.2, -0.15) is 4.57 Å². The van der Waals surface area contributed by atoms with Gasteiger partial charge in [-0.25, -0.2) is 0 Å². The average molecular weight is 394 g/mol. The van der Waals surface area contributed by atoms with E-state index in [2.05, 4.69) is 69.5 Å². The highest BCUT2D eigenvalue weighted by Crippen LogP contribution is 2.33. The van der Waals surface area contributed by atoms with Crippen molar-refractivity contribution in [1.29, 1.82) is 0 Å². The van der Waals surface area contributed by atoms with Gasteiger partial charge in [-0.05, 0) is 40.8 Å². The summed E-state index contributed by atoms with van der Waals surface area (Å²) in [6, 6.07) is 14.5. The first kappa shape index (κ1) is 12.4. The van der Waals surface area contributed by atoms with Gasteiger partial charge in [0.25, 0.3) is 0 Å². The van der Waals surface area contributed by atoms with Crippen molar-refractivity contribution in [2.24, 2.45) is 7.05 Å². The molecule has 0 bridgehead atoms. The molecule has 2 aromatic carbocycles. The second-order valence-corrected chi connectivity index (χ2v) is 6.39. The van der Waals surface area contributed by atoms with Gasteiger partial charge in [-0.3, -0.25) is 0 Å². The number of aromatic nitrogens is 2. The molecule has 0 atom stereocenters. The number of rotatable bonds is 0. The molecule has 0 aliphatic heterocycles. The van der Waals surface area contributed by atoms with E-state index in [1.165, 1.54) is 14.5 Å². The second-order valence-electron chi connectivity index (χ2n) is 4.90. The largest absolute Gasteiger partial charge is 0.348 e. The lowest BCUT2D eigenvalue weighted by Crippen LogP contribution is -2.30. The molecule has 0 radical (unpaired) electrons.